The summed E-state index contributed by atoms with van der Waals surface area (Å²) in [5.74, 6) is -0.194. The number of amides is 1. The Labute approximate surface area is 431 Å². The number of carbonyl (C=O) groups is 1. The van der Waals surface area contributed by atoms with Crippen molar-refractivity contribution in [3.63, 3.8) is 0 Å². The maximum absolute atomic E-state index is 13.0. The number of ether oxygens (including phenoxy) is 2. The van der Waals surface area contributed by atoms with Crippen molar-refractivity contribution in [1.29, 1.82) is 0 Å². The summed E-state index contributed by atoms with van der Waals surface area (Å²) in [5.41, 5.74) is 0. The van der Waals surface area contributed by atoms with Gasteiger partial charge < -0.3 is 40.3 Å². The third kappa shape index (κ3) is 39.9. The van der Waals surface area contributed by atoms with Gasteiger partial charge in [-0.3, -0.25) is 4.79 Å². The number of unbranched alkanes of at least 4 members (excludes halogenated alkanes) is 38. The highest BCUT2D eigenvalue weighted by Crippen LogP contribution is 2.23. The zero-order valence-corrected chi connectivity index (χ0v) is 45.8. The van der Waals surface area contributed by atoms with Gasteiger partial charge in [-0.15, -0.1) is 0 Å². The number of allylic oxidation sites excluding steroid dienone is 5. The summed E-state index contributed by atoms with van der Waals surface area (Å²) in [5, 5.41) is 54.4. The van der Waals surface area contributed by atoms with Gasteiger partial charge in [-0.25, -0.2) is 0 Å². The van der Waals surface area contributed by atoms with Crippen LogP contribution in [0.1, 0.15) is 290 Å². The van der Waals surface area contributed by atoms with E-state index in [1.807, 2.05) is 6.08 Å². The molecule has 0 aromatic rings. The number of rotatable bonds is 52. The number of hydrogen-bond acceptors (Lipinski definition) is 8. The number of hydrogen-bond donors (Lipinski definition) is 6. The minimum atomic E-state index is -1.57. The van der Waals surface area contributed by atoms with Crippen LogP contribution < -0.4 is 5.32 Å². The fourth-order valence-corrected chi connectivity index (χ4v) is 9.64. The predicted molar refractivity (Wildman–Crippen MR) is 295 cm³/mol. The summed E-state index contributed by atoms with van der Waals surface area (Å²) in [6, 6.07) is -0.826. The van der Waals surface area contributed by atoms with Gasteiger partial charge in [-0.1, -0.05) is 262 Å². The van der Waals surface area contributed by atoms with E-state index in [9.17, 15) is 30.3 Å². The molecule has 1 heterocycles. The highest BCUT2D eigenvalue weighted by molar-refractivity contribution is 5.76. The molecule has 1 aliphatic heterocycles. The van der Waals surface area contributed by atoms with Crippen molar-refractivity contribution in [2.45, 2.75) is 333 Å². The van der Waals surface area contributed by atoms with Gasteiger partial charge in [0.1, 0.15) is 24.4 Å². The zero-order chi connectivity index (χ0) is 50.8. The molecule has 412 valence electrons. The maximum atomic E-state index is 13.0. The van der Waals surface area contributed by atoms with Crippen LogP contribution in [-0.4, -0.2) is 87.5 Å². The highest BCUT2D eigenvalue weighted by Gasteiger charge is 2.44. The fourth-order valence-electron chi connectivity index (χ4n) is 9.64. The van der Waals surface area contributed by atoms with E-state index >= 15 is 0 Å². The lowest BCUT2D eigenvalue weighted by Gasteiger charge is -2.40. The van der Waals surface area contributed by atoms with Gasteiger partial charge in [-0.05, 0) is 57.8 Å². The van der Waals surface area contributed by atoms with Crippen LogP contribution in [0.4, 0.5) is 0 Å². The molecule has 0 aromatic carbocycles. The van der Waals surface area contributed by atoms with E-state index < -0.39 is 49.5 Å². The third-order valence-corrected chi connectivity index (χ3v) is 14.4. The maximum Gasteiger partial charge on any atom is 0.220 e. The molecule has 0 saturated carbocycles. The second kappa shape index (κ2) is 50.9. The van der Waals surface area contributed by atoms with Gasteiger partial charge in [0.15, 0.2) is 6.29 Å². The molecule has 70 heavy (non-hydrogen) atoms. The van der Waals surface area contributed by atoms with Crippen molar-refractivity contribution in [3.05, 3.63) is 36.5 Å². The van der Waals surface area contributed by atoms with E-state index in [0.29, 0.717) is 6.42 Å². The monoisotopic (exact) mass is 990 g/mol. The Morgan fingerprint density at radius 2 is 0.814 bits per heavy atom. The SMILES string of the molecule is CCCCCCC/C=C\CCCCCCCC(=O)NC(COC1OC(CO)C(O)C(O)C1O)C(O)/C=C/CC/C=C/CCCCCCCCCCCCCCCCCCCCCCCCCCCCC. The molecule has 0 aromatic heterocycles. The standard InChI is InChI=1S/C61H115NO8/c1-3-5-7-9-11-13-15-17-19-20-21-22-23-24-25-26-27-28-29-30-31-32-33-34-35-36-37-38-40-42-44-46-48-50-55(64)54(53-69-61-60(68)59(67)58(66)56(52-63)70-61)62-57(65)51-49-47-45-43-41-39-18-16-14-12-10-8-6-4-2/h16,18,40,42,48,50,54-56,58-61,63-64,66-68H,3-15,17,19-39,41,43-47,49,51-53H2,1-2H3,(H,62,65)/b18-16-,42-40+,50-48+. The lowest BCUT2D eigenvalue weighted by Crippen LogP contribution is -2.60. The lowest BCUT2D eigenvalue weighted by molar-refractivity contribution is -0.302. The normalized spacial score (nSPS) is 19.6. The number of carbonyl (C=O) groups excluding carboxylic acids is 1. The van der Waals surface area contributed by atoms with Crippen LogP contribution in [0.5, 0.6) is 0 Å². The van der Waals surface area contributed by atoms with Gasteiger partial charge in [0.25, 0.3) is 0 Å². The van der Waals surface area contributed by atoms with Gasteiger partial charge in [0, 0.05) is 6.42 Å². The molecular weight excluding hydrogens is 875 g/mol. The molecule has 1 rings (SSSR count). The summed E-state index contributed by atoms with van der Waals surface area (Å²) >= 11 is 0. The average Bonchev–Trinajstić information content (AvgIpc) is 3.36. The van der Waals surface area contributed by atoms with Crippen LogP contribution in [0.2, 0.25) is 0 Å². The molecule has 0 spiro atoms. The molecule has 0 aliphatic carbocycles. The zero-order valence-electron chi connectivity index (χ0n) is 45.8. The molecule has 1 saturated heterocycles. The fraction of sp³-hybridized carbons (Fsp3) is 0.885. The summed E-state index contributed by atoms with van der Waals surface area (Å²) < 4.78 is 11.2. The first-order valence-corrected chi connectivity index (χ1v) is 30.2. The quantitative estimate of drug-likeness (QED) is 0.0261. The topological polar surface area (TPSA) is 149 Å². The van der Waals surface area contributed by atoms with E-state index in [-0.39, 0.29) is 12.5 Å². The Bertz CT molecular complexity index is 1190. The summed E-state index contributed by atoms with van der Waals surface area (Å²) in [6.45, 7) is 3.77. The van der Waals surface area contributed by atoms with Crippen molar-refractivity contribution < 1.29 is 39.8 Å². The van der Waals surface area contributed by atoms with Gasteiger partial charge in [0.2, 0.25) is 5.91 Å². The molecule has 0 bridgehead atoms. The minimum Gasteiger partial charge on any atom is -0.394 e. The van der Waals surface area contributed by atoms with E-state index in [0.717, 1.165) is 57.8 Å². The molecule has 9 nitrogen and oxygen atoms in total. The Hall–Kier alpha value is -1.59. The van der Waals surface area contributed by atoms with Crippen molar-refractivity contribution in [1.82, 2.24) is 5.32 Å². The smallest absolute Gasteiger partial charge is 0.220 e. The van der Waals surface area contributed by atoms with Crippen LogP contribution in [-0.2, 0) is 14.3 Å². The first kappa shape index (κ1) is 66.4. The Balaban J connectivity index is 2.15. The third-order valence-electron chi connectivity index (χ3n) is 14.4. The number of nitrogens with one attached hydrogen (secondary N) is 1. The predicted octanol–water partition coefficient (Wildman–Crippen LogP) is 15.1. The Kier molecular flexibility index (Phi) is 48.3. The Morgan fingerprint density at radius 1 is 0.471 bits per heavy atom. The van der Waals surface area contributed by atoms with Gasteiger partial charge in [-0.2, -0.15) is 0 Å². The molecule has 7 atom stereocenters. The van der Waals surface area contributed by atoms with Gasteiger partial charge >= 0.3 is 0 Å². The molecule has 1 aliphatic rings. The van der Waals surface area contributed by atoms with Crippen LogP contribution in [0.15, 0.2) is 36.5 Å². The van der Waals surface area contributed by atoms with Crippen molar-refractivity contribution >= 4 is 5.91 Å². The molecule has 6 N–H and O–H groups in total. The van der Waals surface area contributed by atoms with Crippen LogP contribution in [0, 0.1) is 0 Å². The van der Waals surface area contributed by atoms with Crippen LogP contribution in [0.25, 0.3) is 0 Å². The summed E-state index contributed by atoms with van der Waals surface area (Å²) in [4.78, 5) is 13.0. The highest BCUT2D eigenvalue weighted by atomic mass is 16.7. The van der Waals surface area contributed by atoms with Crippen LogP contribution in [0.3, 0.4) is 0 Å². The summed E-state index contributed by atoms with van der Waals surface area (Å²) in [6.07, 6.45) is 59.6. The largest absolute Gasteiger partial charge is 0.394 e. The molecule has 1 amide bonds. The minimum absolute atomic E-state index is 0.194. The van der Waals surface area contributed by atoms with E-state index in [2.05, 4.69) is 43.5 Å². The molecule has 1 fully saturated rings. The molecule has 0 radical (unpaired) electrons. The number of aliphatic hydroxyl groups is 5. The van der Waals surface area contributed by atoms with E-state index in [1.165, 1.54) is 212 Å². The van der Waals surface area contributed by atoms with E-state index in [1.54, 1.807) is 6.08 Å². The molecule has 7 unspecified atom stereocenters. The van der Waals surface area contributed by atoms with Crippen molar-refractivity contribution in [3.8, 4) is 0 Å². The van der Waals surface area contributed by atoms with E-state index in [4.69, 9.17) is 9.47 Å². The van der Waals surface area contributed by atoms with Gasteiger partial charge in [0.05, 0.1) is 25.4 Å². The van der Waals surface area contributed by atoms with Crippen molar-refractivity contribution in [2.75, 3.05) is 13.2 Å². The van der Waals surface area contributed by atoms with Crippen molar-refractivity contribution in [2.24, 2.45) is 0 Å². The average molecular weight is 991 g/mol. The first-order valence-electron chi connectivity index (χ1n) is 30.2. The second-order valence-corrected chi connectivity index (χ2v) is 21.1. The molecular formula is C61H115NO8. The summed E-state index contributed by atoms with van der Waals surface area (Å²) in [7, 11) is 0. The number of aliphatic hydroxyl groups excluding tert-OH is 5. The Morgan fingerprint density at radius 3 is 1.20 bits per heavy atom. The second-order valence-electron chi connectivity index (χ2n) is 21.1. The molecule has 9 heteroatoms. The first-order chi connectivity index (χ1) is 34.3. The van der Waals surface area contributed by atoms with Crippen LogP contribution >= 0.6 is 0 Å². The lowest BCUT2D eigenvalue weighted by atomic mass is 9.99.